The number of carbonyl (C=O) groups excluding carboxylic acids is 1. The second-order valence-electron chi connectivity index (χ2n) is 7.09. The zero-order valence-electron chi connectivity index (χ0n) is 18.8. The molecule has 0 unspecified atom stereocenters. The van der Waals surface area contributed by atoms with Crippen molar-refractivity contribution in [3.8, 4) is 34.5 Å². The lowest BCUT2D eigenvalue weighted by molar-refractivity contribution is -0.123. The van der Waals surface area contributed by atoms with Crippen LogP contribution in [0.25, 0.3) is 17.0 Å². The van der Waals surface area contributed by atoms with Crippen LogP contribution in [0.4, 0.5) is 0 Å². The summed E-state index contributed by atoms with van der Waals surface area (Å²) < 4.78 is 23.4. The van der Waals surface area contributed by atoms with Crippen molar-refractivity contribution in [1.82, 2.24) is 25.1 Å². The lowest BCUT2D eigenvalue weighted by atomic mass is 10.2. The number of rotatable bonds is 10. The lowest BCUT2D eigenvalue weighted by Crippen LogP contribution is -2.32. The van der Waals surface area contributed by atoms with Gasteiger partial charge in [0.2, 0.25) is 5.88 Å². The van der Waals surface area contributed by atoms with E-state index in [4.69, 9.17) is 42.1 Å². The van der Waals surface area contributed by atoms with Crippen molar-refractivity contribution < 1.29 is 23.7 Å². The van der Waals surface area contributed by atoms with E-state index in [9.17, 15) is 4.79 Å². The number of nitrogens with one attached hydrogen (secondary N) is 1. The van der Waals surface area contributed by atoms with Gasteiger partial charge in [-0.15, -0.1) is 15.3 Å². The molecule has 35 heavy (non-hydrogen) atoms. The van der Waals surface area contributed by atoms with Crippen LogP contribution in [0.5, 0.6) is 23.1 Å². The average molecular weight is 518 g/mol. The van der Waals surface area contributed by atoms with E-state index in [1.807, 2.05) is 6.07 Å². The predicted octanol–water partition coefficient (Wildman–Crippen LogP) is 3.69. The van der Waals surface area contributed by atoms with E-state index in [-0.39, 0.29) is 25.7 Å². The Kier molecular flexibility index (Phi) is 7.74. The highest BCUT2D eigenvalue weighted by molar-refractivity contribution is 6.35. The van der Waals surface area contributed by atoms with Gasteiger partial charge in [0.1, 0.15) is 23.9 Å². The minimum Gasteiger partial charge on any atom is -0.497 e. The molecule has 0 saturated carbocycles. The summed E-state index contributed by atoms with van der Waals surface area (Å²) in [6.07, 6.45) is 0. The molecule has 2 aromatic carbocycles. The Hall–Kier alpha value is -3.76. The molecule has 10 nitrogen and oxygen atoms in total. The van der Waals surface area contributed by atoms with Crippen LogP contribution >= 0.6 is 23.2 Å². The third-order valence-electron chi connectivity index (χ3n) is 4.81. The Morgan fingerprint density at radius 2 is 1.83 bits per heavy atom. The summed E-state index contributed by atoms with van der Waals surface area (Å²) in [6, 6.07) is 13.5. The zero-order valence-corrected chi connectivity index (χ0v) is 20.3. The summed E-state index contributed by atoms with van der Waals surface area (Å²) in [5.41, 5.74) is 1.23. The van der Waals surface area contributed by atoms with Gasteiger partial charge in [-0.1, -0.05) is 23.2 Å². The molecule has 0 fully saturated rings. The van der Waals surface area contributed by atoms with Gasteiger partial charge < -0.3 is 24.3 Å². The van der Waals surface area contributed by atoms with E-state index < -0.39 is 0 Å². The fourth-order valence-electron chi connectivity index (χ4n) is 3.13. The van der Waals surface area contributed by atoms with Crippen LogP contribution in [-0.2, 0) is 4.79 Å². The highest BCUT2D eigenvalue weighted by Crippen LogP contribution is 2.32. The van der Waals surface area contributed by atoms with Crippen LogP contribution in [0, 0.1) is 0 Å². The van der Waals surface area contributed by atoms with Gasteiger partial charge in [-0.3, -0.25) is 4.79 Å². The van der Waals surface area contributed by atoms with Gasteiger partial charge in [-0.25, -0.2) is 0 Å². The van der Waals surface area contributed by atoms with E-state index in [2.05, 4.69) is 20.6 Å². The molecule has 1 N–H and O–H groups in total. The normalized spacial score (nSPS) is 10.7. The van der Waals surface area contributed by atoms with Gasteiger partial charge in [-0.2, -0.15) is 4.52 Å². The minimum atomic E-state index is -0.323. The summed E-state index contributed by atoms with van der Waals surface area (Å²) in [5, 5.41) is 16.4. The Labute approximate surface area is 210 Å². The van der Waals surface area contributed by atoms with Crippen LogP contribution in [0.15, 0.2) is 48.5 Å². The largest absolute Gasteiger partial charge is 0.497 e. The van der Waals surface area contributed by atoms with Gasteiger partial charge >= 0.3 is 0 Å². The van der Waals surface area contributed by atoms with Crippen LogP contribution in [0.1, 0.15) is 0 Å². The van der Waals surface area contributed by atoms with Crippen molar-refractivity contribution in [1.29, 1.82) is 0 Å². The second-order valence-corrected chi connectivity index (χ2v) is 7.94. The molecule has 0 saturated heterocycles. The molecule has 0 spiro atoms. The molecule has 2 aromatic heterocycles. The van der Waals surface area contributed by atoms with Crippen molar-refractivity contribution in [2.45, 2.75) is 0 Å². The molecule has 12 heteroatoms. The molecule has 4 rings (SSSR count). The molecular weight excluding hydrogens is 497 g/mol. The van der Waals surface area contributed by atoms with E-state index in [1.54, 1.807) is 61.2 Å². The summed E-state index contributed by atoms with van der Waals surface area (Å²) in [5.74, 6) is 2.09. The zero-order chi connectivity index (χ0) is 24.8. The summed E-state index contributed by atoms with van der Waals surface area (Å²) in [6.45, 7) is 0.242. The van der Waals surface area contributed by atoms with Crippen molar-refractivity contribution in [2.24, 2.45) is 0 Å². The van der Waals surface area contributed by atoms with Gasteiger partial charge in [0, 0.05) is 17.2 Å². The van der Waals surface area contributed by atoms with Crippen molar-refractivity contribution in [3.05, 3.63) is 58.6 Å². The average Bonchev–Trinajstić information content (AvgIpc) is 3.28. The number of amides is 1. The SMILES string of the molecule is COc1ccc(-c2nnc3ccc(OCCNC(=O)COc4ccc(Cl)cc4Cl)nn23)c(OC)c1. The quantitative estimate of drug-likeness (QED) is 0.317. The number of nitrogens with zero attached hydrogens (tertiary/aromatic N) is 4. The van der Waals surface area contributed by atoms with E-state index in [1.165, 1.54) is 0 Å². The van der Waals surface area contributed by atoms with Gasteiger partial charge in [-0.05, 0) is 36.4 Å². The maximum atomic E-state index is 12.0. The van der Waals surface area contributed by atoms with Crippen LogP contribution in [0.2, 0.25) is 10.0 Å². The molecule has 2 heterocycles. The minimum absolute atomic E-state index is 0.190. The first-order valence-electron chi connectivity index (χ1n) is 10.4. The number of hydrogen-bond acceptors (Lipinski definition) is 8. The number of aromatic nitrogens is 4. The molecule has 0 aliphatic rings. The highest BCUT2D eigenvalue weighted by Gasteiger charge is 2.16. The van der Waals surface area contributed by atoms with E-state index in [0.717, 1.165) is 0 Å². The van der Waals surface area contributed by atoms with Crippen molar-refractivity contribution in [2.75, 3.05) is 34.0 Å². The molecular formula is C23H21Cl2N5O5. The Morgan fingerprint density at radius 3 is 2.60 bits per heavy atom. The Bertz CT molecular complexity index is 1350. The molecule has 0 aliphatic carbocycles. The molecule has 0 aliphatic heterocycles. The third-order valence-corrected chi connectivity index (χ3v) is 5.35. The highest BCUT2D eigenvalue weighted by atomic mass is 35.5. The Morgan fingerprint density at radius 1 is 0.971 bits per heavy atom. The smallest absolute Gasteiger partial charge is 0.258 e. The number of benzene rings is 2. The standard InChI is InChI=1S/C23H21Cl2N5O5/c1-32-15-4-5-16(19(12-15)33-2)23-28-27-20-7-8-22(29-30(20)23)34-10-9-26-21(31)13-35-18-6-3-14(24)11-17(18)25/h3-8,11-12H,9-10,13H2,1-2H3,(H,26,31). The van der Waals surface area contributed by atoms with E-state index >= 15 is 0 Å². The first-order chi connectivity index (χ1) is 17.0. The van der Waals surface area contributed by atoms with Crippen molar-refractivity contribution >= 4 is 34.8 Å². The second kappa shape index (κ2) is 11.1. The number of methoxy groups -OCH3 is 2. The predicted molar refractivity (Wildman–Crippen MR) is 130 cm³/mol. The van der Waals surface area contributed by atoms with Gasteiger partial charge in [0.15, 0.2) is 18.1 Å². The molecule has 4 aromatic rings. The maximum Gasteiger partial charge on any atom is 0.258 e. The number of halogens is 2. The van der Waals surface area contributed by atoms with Crippen molar-refractivity contribution in [3.63, 3.8) is 0 Å². The molecule has 0 atom stereocenters. The molecule has 1 amide bonds. The van der Waals surface area contributed by atoms with Gasteiger partial charge in [0.05, 0.1) is 31.4 Å². The summed E-state index contributed by atoms with van der Waals surface area (Å²) in [7, 11) is 3.14. The van der Waals surface area contributed by atoms with E-state index in [0.29, 0.717) is 50.2 Å². The fraction of sp³-hybridized carbons (Fsp3) is 0.217. The third kappa shape index (κ3) is 5.84. The number of carbonyl (C=O) groups is 1. The van der Waals surface area contributed by atoms with Crippen LogP contribution in [0.3, 0.4) is 0 Å². The molecule has 0 radical (unpaired) electrons. The maximum absolute atomic E-state index is 12.0. The fourth-order valence-corrected chi connectivity index (χ4v) is 3.60. The first kappa shape index (κ1) is 24.4. The summed E-state index contributed by atoms with van der Waals surface area (Å²) >= 11 is 11.9. The van der Waals surface area contributed by atoms with Crippen LogP contribution in [-0.4, -0.2) is 59.7 Å². The number of hydrogen-bond donors (Lipinski definition) is 1. The number of ether oxygens (including phenoxy) is 4. The topological polar surface area (TPSA) is 109 Å². The number of fused-ring (bicyclic) bond motifs is 1. The first-order valence-corrected chi connectivity index (χ1v) is 11.2. The molecule has 0 bridgehead atoms. The lowest BCUT2D eigenvalue weighted by Gasteiger charge is -2.10. The Balaban J connectivity index is 1.34. The van der Waals surface area contributed by atoms with Crippen LogP contribution < -0.4 is 24.3 Å². The summed E-state index contributed by atoms with van der Waals surface area (Å²) in [4.78, 5) is 12.0. The molecule has 182 valence electrons. The monoisotopic (exact) mass is 517 g/mol. The van der Waals surface area contributed by atoms with Gasteiger partial charge in [0.25, 0.3) is 5.91 Å².